The summed E-state index contributed by atoms with van der Waals surface area (Å²) in [4.78, 5) is 22.0. The van der Waals surface area contributed by atoms with Crippen LogP contribution in [-0.4, -0.2) is 56.1 Å². The number of aromatic nitrogens is 1. The minimum Gasteiger partial charge on any atom is -0.495 e. The molecule has 1 aromatic heterocycles. The lowest BCUT2D eigenvalue weighted by Gasteiger charge is -2.32. The fourth-order valence-electron chi connectivity index (χ4n) is 3.69. The quantitative estimate of drug-likeness (QED) is 0.621. The lowest BCUT2D eigenvalue weighted by molar-refractivity contribution is -0.121. The van der Waals surface area contributed by atoms with Crippen molar-refractivity contribution in [3.05, 3.63) is 54.4 Å². The van der Waals surface area contributed by atoms with Crippen LogP contribution >= 0.6 is 0 Å². The van der Waals surface area contributed by atoms with Crippen molar-refractivity contribution in [2.75, 3.05) is 32.7 Å². The van der Waals surface area contributed by atoms with Crippen LogP contribution < -0.4 is 10.1 Å². The van der Waals surface area contributed by atoms with E-state index in [1.165, 1.54) is 0 Å². The monoisotopic (exact) mass is 408 g/mol. The van der Waals surface area contributed by atoms with Crippen molar-refractivity contribution in [1.82, 2.24) is 4.98 Å². The van der Waals surface area contributed by atoms with Gasteiger partial charge in [0, 0.05) is 32.5 Å². The van der Waals surface area contributed by atoms with Crippen molar-refractivity contribution in [1.29, 1.82) is 5.41 Å². The summed E-state index contributed by atoms with van der Waals surface area (Å²) in [5.74, 6) is -0.115. The molecule has 0 saturated carbocycles. The van der Waals surface area contributed by atoms with Gasteiger partial charge in [0.05, 0.1) is 42.9 Å². The van der Waals surface area contributed by atoms with Gasteiger partial charge >= 0.3 is 0 Å². The second-order valence-corrected chi connectivity index (χ2v) is 7.25. The maximum atomic E-state index is 13.7. The van der Waals surface area contributed by atoms with E-state index in [2.05, 4.69) is 15.3 Å². The van der Waals surface area contributed by atoms with Crippen LogP contribution in [0.25, 0.3) is 0 Å². The molecule has 30 heavy (non-hydrogen) atoms. The molecule has 2 unspecified atom stereocenters. The molecule has 0 bridgehead atoms. The molecule has 0 aliphatic carbocycles. The van der Waals surface area contributed by atoms with Gasteiger partial charge in [-0.3, -0.25) is 14.8 Å². The molecule has 1 aliphatic heterocycles. The summed E-state index contributed by atoms with van der Waals surface area (Å²) >= 11 is 0. The molecule has 0 radical (unpaired) electrons. The van der Waals surface area contributed by atoms with Crippen molar-refractivity contribution < 1.29 is 14.3 Å². The van der Waals surface area contributed by atoms with Gasteiger partial charge in [-0.1, -0.05) is 30.3 Å². The molecule has 2 heterocycles. The van der Waals surface area contributed by atoms with E-state index in [-0.39, 0.29) is 17.4 Å². The van der Waals surface area contributed by atoms with Crippen LogP contribution in [0.3, 0.4) is 0 Å². The molecule has 1 fully saturated rings. The third-order valence-electron chi connectivity index (χ3n) is 5.32. The minimum absolute atomic E-state index is 0.0795. The Bertz CT molecular complexity index is 879. The van der Waals surface area contributed by atoms with Gasteiger partial charge in [-0.2, -0.15) is 0 Å². The van der Waals surface area contributed by atoms with Crippen LogP contribution in [0.2, 0.25) is 0 Å². The number of carbonyl (C=O) groups excluding carboxylic acids is 1. The number of ketones is 1. The number of hydrogen-bond donors (Lipinski definition) is 2. The Hall–Kier alpha value is -3.06. The van der Waals surface area contributed by atoms with Crippen molar-refractivity contribution in [3.8, 4) is 5.75 Å². The first kappa shape index (κ1) is 21.6. The maximum Gasteiger partial charge on any atom is 0.169 e. The number of aliphatic imine (C=N–C) groups is 1. The Morgan fingerprint density at radius 1 is 1.30 bits per heavy atom. The van der Waals surface area contributed by atoms with Crippen LogP contribution in [-0.2, 0) is 9.53 Å². The molecule has 2 atom stereocenters. The normalized spacial score (nSPS) is 16.7. The average molecular weight is 409 g/mol. The Morgan fingerprint density at radius 3 is 2.70 bits per heavy atom. The zero-order chi connectivity index (χ0) is 21.3. The van der Waals surface area contributed by atoms with E-state index in [1.54, 1.807) is 32.8 Å². The van der Waals surface area contributed by atoms with Gasteiger partial charge in [-0.15, -0.1) is 0 Å². The molecule has 3 rings (SSSR count). The molecule has 0 amide bonds. The van der Waals surface area contributed by atoms with E-state index in [9.17, 15) is 4.79 Å². The lowest BCUT2D eigenvalue weighted by atomic mass is 9.82. The van der Waals surface area contributed by atoms with Gasteiger partial charge in [-0.05, 0) is 24.3 Å². The Labute approximate surface area is 177 Å². The van der Waals surface area contributed by atoms with Crippen molar-refractivity contribution >= 4 is 23.4 Å². The lowest BCUT2D eigenvalue weighted by Crippen LogP contribution is -2.45. The smallest absolute Gasteiger partial charge is 0.169 e. The zero-order valence-corrected chi connectivity index (χ0v) is 17.4. The molecule has 1 aromatic carbocycles. The maximum absolute atomic E-state index is 13.7. The molecule has 2 N–H and O–H groups in total. The van der Waals surface area contributed by atoms with E-state index in [0.29, 0.717) is 30.2 Å². The first-order valence-corrected chi connectivity index (χ1v) is 10.1. The third kappa shape index (κ3) is 5.30. The van der Waals surface area contributed by atoms with Crippen LogP contribution in [0, 0.1) is 17.2 Å². The molecule has 1 saturated heterocycles. The summed E-state index contributed by atoms with van der Waals surface area (Å²) in [6.45, 7) is 1.24. The molecule has 158 valence electrons. The second-order valence-electron chi connectivity index (χ2n) is 7.25. The van der Waals surface area contributed by atoms with Gasteiger partial charge in [0.15, 0.2) is 5.78 Å². The predicted molar refractivity (Wildman–Crippen MR) is 118 cm³/mol. The van der Waals surface area contributed by atoms with E-state index in [4.69, 9.17) is 14.9 Å². The van der Waals surface area contributed by atoms with Gasteiger partial charge in [0.25, 0.3) is 0 Å². The Balaban J connectivity index is 1.91. The van der Waals surface area contributed by atoms with Crippen molar-refractivity contribution in [3.63, 3.8) is 0 Å². The van der Waals surface area contributed by atoms with Crippen LogP contribution in [0.4, 0.5) is 5.69 Å². The number of carbonyl (C=O) groups is 1. The molecular formula is C23H28N4O3. The molecule has 0 spiro atoms. The second kappa shape index (κ2) is 10.6. The van der Waals surface area contributed by atoms with Crippen LogP contribution in [0.15, 0.2) is 53.8 Å². The van der Waals surface area contributed by atoms with E-state index in [1.807, 2.05) is 36.4 Å². The van der Waals surface area contributed by atoms with Crippen molar-refractivity contribution in [2.24, 2.45) is 16.8 Å². The summed E-state index contributed by atoms with van der Waals surface area (Å²) in [5, 5.41) is 12.0. The number of nitrogens with one attached hydrogen (secondary N) is 2. The third-order valence-corrected chi connectivity index (χ3v) is 5.32. The van der Waals surface area contributed by atoms with Gasteiger partial charge in [-0.25, -0.2) is 0 Å². The number of nitrogens with zero attached hydrogens (tertiary/aromatic N) is 2. The van der Waals surface area contributed by atoms with Crippen molar-refractivity contribution in [2.45, 2.75) is 18.9 Å². The highest BCUT2D eigenvalue weighted by Crippen LogP contribution is 2.26. The number of pyridine rings is 1. The van der Waals surface area contributed by atoms with E-state index >= 15 is 0 Å². The predicted octanol–water partition coefficient (Wildman–Crippen LogP) is 3.25. The topological polar surface area (TPSA) is 96.7 Å². The standard InChI is InChI=1S/C23H28N4O3/c1-25-15-20(21(24)16-6-4-3-5-7-16)23(28)22(17-8-10-30-11-9-17)27-18-12-19(29-2)14-26-13-18/h3-7,12-15,17,20,22,24,27H,8-11H2,1-2H3. The minimum atomic E-state index is -0.740. The molecule has 7 heteroatoms. The van der Waals surface area contributed by atoms with E-state index in [0.717, 1.165) is 12.8 Å². The SMILES string of the molecule is CN=CC(C(=N)c1ccccc1)C(=O)C(Nc1cncc(OC)c1)C1CCOCC1. The zero-order valence-electron chi connectivity index (χ0n) is 17.4. The fourth-order valence-corrected chi connectivity index (χ4v) is 3.69. The summed E-state index contributed by atoms with van der Waals surface area (Å²) in [6.07, 6.45) is 6.40. The summed E-state index contributed by atoms with van der Waals surface area (Å²) in [7, 11) is 3.21. The number of anilines is 1. The first-order valence-electron chi connectivity index (χ1n) is 10.1. The first-order chi connectivity index (χ1) is 14.6. The highest BCUT2D eigenvalue weighted by molar-refractivity contribution is 6.22. The Kier molecular flexibility index (Phi) is 7.68. The summed E-state index contributed by atoms with van der Waals surface area (Å²) in [5.41, 5.74) is 1.66. The number of Topliss-reactive ketones (excluding diaryl/α,β-unsaturated/α-hetero) is 1. The highest BCUT2D eigenvalue weighted by atomic mass is 16.5. The van der Waals surface area contributed by atoms with Crippen LogP contribution in [0.5, 0.6) is 5.75 Å². The molecule has 7 nitrogen and oxygen atoms in total. The largest absolute Gasteiger partial charge is 0.495 e. The Morgan fingerprint density at radius 2 is 2.03 bits per heavy atom. The number of benzene rings is 1. The molecular weight excluding hydrogens is 380 g/mol. The van der Waals surface area contributed by atoms with Crippen LogP contribution in [0.1, 0.15) is 18.4 Å². The molecule has 2 aromatic rings. The number of ether oxygens (including phenoxy) is 2. The highest BCUT2D eigenvalue weighted by Gasteiger charge is 2.35. The summed E-state index contributed by atoms with van der Waals surface area (Å²) < 4.78 is 10.8. The fraction of sp³-hybridized carbons (Fsp3) is 0.391. The van der Waals surface area contributed by atoms with Gasteiger partial charge < -0.3 is 20.2 Å². The summed E-state index contributed by atoms with van der Waals surface area (Å²) in [6, 6.07) is 10.6. The van der Waals surface area contributed by atoms with Gasteiger partial charge in [0.2, 0.25) is 0 Å². The van der Waals surface area contributed by atoms with E-state index < -0.39 is 12.0 Å². The van der Waals surface area contributed by atoms with Gasteiger partial charge in [0.1, 0.15) is 5.75 Å². The number of methoxy groups -OCH3 is 1. The number of rotatable bonds is 9. The average Bonchev–Trinajstić information content (AvgIpc) is 2.81. The number of hydrogen-bond acceptors (Lipinski definition) is 7. The molecule has 1 aliphatic rings.